The number of piperidine rings is 1. The van der Waals surface area contributed by atoms with Crippen molar-refractivity contribution in [1.82, 2.24) is 5.32 Å². The van der Waals surface area contributed by atoms with Gasteiger partial charge in [-0.05, 0) is 37.8 Å². The third-order valence-corrected chi connectivity index (χ3v) is 4.48. The Labute approximate surface area is 158 Å². The highest BCUT2D eigenvalue weighted by molar-refractivity contribution is 5.93. The minimum atomic E-state index is -1.01. The molecule has 146 valence electrons. The molecule has 2 atom stereocenters. The van der Waals surface area contributed by atoms with Crippen LogP contribution in [0.15, 0.2) is 30.9 Å². The molecule has 0 radical (unpaired) electrons. The Hall–Kier alpha value is -2.90. The maximum absolute atomic E-state index is 12.3. The molecule has 0 aromatic heterocycles. The van der Waals surface area contributed by atoms with Crippen LogP contribution in [0.5, 0.6) is 0 Å². The first-order valence-corrected chi connectivity index (χ1v) is 8.96. The van der Waals surface area contributed by atoms with Crippen LogP contribution in [-0.4, -0.2) is 42.5 Å². The zero-order valence-electron chi connectivity index (χ0n) is 15.6. The third-order valence-electron chi connectivity index (χ3n) is 4.48. The van der Waals surface area contributed by atoms with Crippen LogP contribution in [-0.2, 0) is 9.53 Å². The van der Waals surface area contributed by atoms with E-state index in [9.17, 15) is 19.7 Å². The van der Waals surface area contributed by atoms with Gasteiger partial charge in [0.25, 0.3) is 11.6 Å². The highest BCUT2D eigenvalue weighted by Crippen LogP contribution is 2.32. The van der Waals surface area contributed by atoms with Crippen molar-refractivity contribution in [2.24, 2.45) is 5.92 Å². The van der Waals surface area contributed by atoms with Crippen LogP contribution in [0.1, 0.15) is 37.0 Å². The molecule has 27 heavy (non-hydrogen) atoms. The van der Waals surface area contributed by atoms with Crippen LogP contribution in [0.2, 0.25) is 0 Å². The van der Waals surface area contributed by atoms with Crippen molar-refractivity contribution in [3.8, 4) is 0 Å². The van der Waals surface area contributed by atoms with Crippen molar-refractivity contribution in [1.29, 1.82) is 0 Å². The van der Waals surface area contributed by atoms with Gasteiger partial charge in [-0.15, -0.1) is 6.58 Å². The molecule has 8 heteroatoms. The second-order valence-electron chi connectivity index (χ2n) is 6.74. The summed E-state index contributed by atoms with van der Waals surface area (Å²) < 4.78 is 5.11. The predicted octanol–water partition coefficient (Wildman–Crippen LogP) is 2.68. The highest BCUT2D eigenvalue weighted by Gasteiger charge is 2.26. The van der Waals surface area contributed by atoms with E-state index >= 15 is 0 Å². The fraction of sp³-hybridized carbons (Fsp3) is 0.474. The number of benzene rings is 1. The van der Waals surface area contributed by atoms with Gasteiger partial charge in [0.05, 0.1) is 10.5 Å². The van der Waals surface area contributed by atoms with E-state index < -0.39 is 22.9 Å². The number of amides is 1. The zero-order valence-corrected chi connectivity index (χ0v) is 15.6. The van der Waals surface area contributed by atoms with Gasteiger partial charge in [-0.2, -0.15) is 0 Å². The Balaban J connectivity index is 2.17. The standard InChI is InChI=1S/C19H25N3O5/c1-4-9-20-18(23)14(3)27-19(24)15-7-8-16(17(11-15)22(25)26)21-10-5-6-13(2)12-21/h4,7-8,11,13-14H,1,5-6,9-10,12H2,2-3H3,(H,20,23)/t13-,14+/m1/s1. The molecule has 0 unspecified atom stereocenters. The lowest BCUT2D eigenvalue weighted by molar-refractivity contribution is -0.384. The number of rotatable bonds is 7. The normalized spacial score (nSPS) is 17.7. The molecule has 1 aliphatic heterocycles. The molecule has 1 aromatic rings. The first-order valence-electron chi connectivity index (χ1n) is 8.96. The summed E-state index contributed by atoms with van der Waals surface area (Å²) in [5.74, 6) is -0.785. The average molecular weight is 375 g/mol. The minimum Gasteiger partial charge on any atom is -0.449 e. The maximum atomic E-state index is 12.3. The summed E-state index contributed by atoms with van der Waals surface area (Å²) in [5.41, 5.74) is 0.404. The van der Waals surface area contributed by atoms with Gasteiger partial charge in [0.15, 0.2) is 6.10 Å². The Morgan fingerprint density at radius 1 is 1.52 bits per heavy atom. The molecule has 1 N–H and O–H groups in total. The van der Waals surface area contributed by atoms with Crippen LogP contribution >= 0.6 is 0 Å². The van der Waals surface area contributed by atoms with Crippen molar-refractivity contribution in [2.45, 2.75) is 32.8 Å². The SMILES string of the molecule is C=CCNC(=O)[C@H](C)OC(=O)c1ccc(N2CCC[C@@H](C)C2)c([N+](=O)[O-])c1. The van der Waals surface area contributed by atoms with Gasteiger partial charge in [0, 0.05) is 25.7 Å². The number of ether oxygens (including phenoxy) is 1. The van der Waals surface area contributed by atoms with E-state index in [2.05, 4.69) is 18.8 Å². The van der Waals surface area contributed by atoms with Gasteiger partial charge in [-0.3, -0.25) is 14.9 Å². The van der Waals surface area contributed by atoms with E-state index in [-0.39, 0.29) is 17.8 Å². The first-order chi connectivity index (χ1) is 12.8. The van der Waals surface area contributed by atoms with Gasteiger partial charge >= 0.3 is 5.97 Å². The van der Waals surface area contributed by atoms with Crippen LogP contribution in [0.3, 0.4) is 0 Å². The van der Waals surface area contributed by atoms with Crippen LogP contribution in [0, 0.1) is 16.0 Å². The molecular weight excluding hydrogens is 350 g/mol. The summed E-state index contributed by atoms with van der Waals surface area (Å²) in [4.78, 5) is 37.1. The number of carbonyl (C=O) groups is 2. The minimum absolute atomic E-state index is 0.0406. The maximum Gasteiger partial charge on any atom is 0.339 e. The average Bonchev–Trinajstić information content (AvgIpc) is 2.65. The Kier molecular flexibility index (Phi) is 6.92. The molecule has 1 amide bonds. The summed E-state index contributed by atoms with van der Waals surface area (Å²) in [7, 11) is 0. The molecule has 0 bridgehead atoms. The van der Waals surface area contributed by atoms with E-state index in [1.165, 1.54) is 25.1 Å². The summed E-state index contributed by atoms with van der Waals surface area (Å²) >= 11 is 0. The van der Waals surface area contributed by atoms with E-state index in [0.717, 1.165) is 25.9 Å². The van der Waals surface area contributed by atoms with Crippen LogP contribution in [0.25, 0.3) is 0 Å². The van der Waals surface area contributed by atoms with E-state index in [1.807, 2.05) is 4.90 Å². The second-order valence-corrected chi connectivity index (χ2v) is 6.74. The number of esters is 1. The molecule has 0 aliphatic carbocycles. The Morgan fingerprint density at radius 2 is 2.26 bits per heavy atom. The van der Waals surface area contributed by atoms with E-state index in [0.29, 0.717) is 11.6 Å². The predicted molar refractivity (Wildman–Crippen MR) is 102 cm³/mol. The molecule has 0 saturated carbocycles. The van der Waals surface area contributed by atoms with Crippen molar-refractivity contribution < 1.29 is 19.2 Å². The van der Waals surface area contributed by atoms with Gasteiger partial charge in [-0.1, -0.05) is 13.0 Å². The Morgan fingerprint density at radius 3 is 2.89 bits per heavy atom. The van der Waals surface area contributed by atoms with E-state index in [1.54, 1.807) is 6.07 Å². The lowest BCUT2D eigenvalue weighted by Gasteiger charge is -2.32. The lowest BCUT2D eigenvalue weighted by atomic mass is 9.99. The van der Waals surface area contributed by atoms with Crippen molar-refractivity contribution in [3.05, 3.63) is 46.5 Å². The quantitative estimate of drug-likeness (QED) is 0.340. The number of carbonyl (C=O) groups excluding carboxylic acids is 2. The van der Waals surface area contributed by atoms with Crippen molar-refractivity contribution >= 4 is 23.3 Å². The molecule has 1 heterocycles. The number of hydrogen-bond donors (Lipinski definition) is 1. The zero-order chi connectivity index (χ0) is 20.0. The van der Waals surface area contributed by atoms with Gasteiger partial charge < -0.3 is 15.0 Å². The molecule has 1 aromatic carbocycles. The summed E-state index contributed by atoms with van der Waals surface area (Å²) in [6.45, 7) is 8.79. The van der Waals surface area contributed by atoms with Crippen molar-refractivity contribution in [2.75, 3.05) is 24.5 Å². The Bertz CT molecular complexity index is 734. The van der Waals surface area contributed by atoms with Crippen LogP contribution in [0.4, 0.5) is 11.4 Å². The number of nitrogens with one attached hydrogen (secondary N) is 1. The summed E-state index contributed by atoms with van der Waals surface area (Å²) in [5, 5.41) is 14.0. The number of anilines is 1. The van der Waals surface area contributed by atoms with Gasteiger partial charge in [0.2, 0.25) is 0 Å². The summed E-state index contributed by atoms with van der Waals surface area (Å²) in [6, 6.07) is 4.29. The van der Waals surface area contributed by atoms with Gasteiger partial charge in [0.1, 0.15) is 5.69 Å². The molecule has 0 spiro atoms. The van der Waals surface area contributed by atoms with E-state index in [4.69, 9.17) is 4.74 Å². The number of nitro groups is 1. The number of nitrogens with zero attached hydrogens (tertiary/aromatic N) is 2. The fourth-order valence-electron chi connectivity index (χ4n) is 3.07. The molecule has 2 rings (SSSR count). The number of nitro benzene ring substituents is 1. The topological polar surface area (TPSA) is 102 Å². The molecule has 1 saturated heterocycles. The third kappa shape index (κ3) is 5.29. The molecule has 1 aliphatic rings. The molecular formula is C19H25N3O5. The molecule has 1 fully saturated rings. The monoisotopic (exact) mass is 375 g/mol. The first kappa shape index (κ1) is 20.4. The lowest BCUT2D eigenvalue weighted by Crippen LogP contribution is -2.36. The summed E-state index contributed by atoms with van der Waals surface area (Å²) in [6.07, 6.45) is 2.56. The van der Waals surface area contributed by atoms with Crippen molar-refractivity contribution in [3.63, 3.8) is 0 Å². The largest absolute Gasteiger partial charge is 0.449 e. The fourth-order valence-corrected chi connectivity index (χ4v) is 3.07. The smallest absolute Gasteiger partial charge is 0.339 e. The molecule has 8 nitrogen and oxygen atoms in total. The van der Waals surface area contributed by atoms with Crippen LogP contribution < -0.4 is 10.2 Å². The number of hydrogen-bond acceptors (Lipinski definition) is 6. The second kappa shape index (κ2) is 9.16. The van der Waals surface area contributed by atoms with Gasteiger partial charge in [-0.25, -0.2) is 4.79 Å². The highest BCUT2D eigenvalue weighted by atomic mass is 16.6.